The summed E-state index contributed by atoms with van der Waals surface area (Å²) in [7, 11) is -3.51. The molecule has 25 heavy (non-hydrogen) atoms. The van der Waals surface area contributed by atoms with Gasteiger partial charge >= 0.3 is 0 Å². The molecule has 0 amide bonds. The SMILES string of the molecule is CC(=O)C1CCC2=CCN(S(=O)(=O)c3ccc(C)cc3)CC2=C(C)C1. The molecule has 0 spiro atoms. The van der Waals surface area contributed by atoms with E-state index in [9.17, 15) is 13.2 Å². The van der Waals surface area contributed by atoms with Crippen molar-refractivity contribution in [3.63, 3.8) is 0 Å². The number of allylic oxidation sites excluding steroid dienone is 1. The summed E-state index contributed by atoms with van der Waals surface area (Å²) >= 11 is 0. The zero-order valence-electron chi connectivity index (χ0n) is 15.1. The quantitative estimate of drug-likeness (QED) is 0.828. The average molecular weight is 359 g/mol. The van der Waals surface area contributed by atoms with Crippen molar-refractivity contribution in [2.24, 2.45) is 5.92 Å². The molecule has 0 saturated heterocycles. The second-order valence-electron chi connectivity index (χ2n) is 7.15. The van der Waals surface area contributed by atoms with E-state index in [-0.39, 0.29) is 11.7 Å². The molecule has 4 nitrogen and oxygen atoms in total. The van der Waals surface area contributed by atoms with Crippen LogP contribution in [0.2, 0.25) is 0 Å². The number of hydrogen-bond donors (Lipinski definition) is 0. The molecule has 0 N–H and O–H groups in total. The van der Waals surface area contributed by atoms with E-state index < -0.39 is 10.0 Å². The molecule has 1 aromatic rings. The number of carbonyl (C=O) groups is 1. The predicted molar refractivity (Wildman–Crippen MR) is 98.7 cm³/mol. The molecule has 1 heterocycles. The van der Waals surface area contributed by atoms with Crippen LogP contribution in [0.15, 0.2) is 52.0 Å². The number of nitrogens with zero attached hydrogens (tertiary/aromatic N) is 1. The fraction of sp³-hybridized carbons (Fsp3) is 0.450. The number of benzene rings is 1. The Bertz CT molecular complexity index is 847. The first-order valence-electron chi connectivity index (χ1n) is 8.74. The van der Waals surface area contributed by atoms with E-state index in [1.807, 2.05) is 32.1 Å². The van der Waals surface area contributed by atoms with Crippen LogP contribution in [0.5, 0.6) is 0 Å². The number of rotatable bonds is 3. The van der Waals surface area contributed by atoms with Gasteiger partial charge in [0.15, 0.2) is 0 Å². The van der Waals surface area contributed by atoms with Crippen LogP contribution in [0.3, 0.4) is 0 Å². The highest BCUT2D eigenvalue weighted by atomic mass is 32.2. The van der Waals surface area contributed by atoms with Crippen LogP contribution in [0.1, 0.15) is 38.7 Å². The highest BCUT2D eigenvalue weighted by Crippen LogP contribution is 2.35. The van der Waals surface area contributed by atoms with Crippen LogP contribution in [-0.4, -0.2) is 31.6 Å². The van der Waals surface area contributed by atoms with E-state index in [1.54, 1.807) is 19.1 Å². The van der Waals surface area contributed by atoms with Gasteiger partial charge in [-0.25, -0.2) is 8.42 Å². The molecule has 0 aromatic heterocycles. The van der Waals surface area contributed by atoms with Crippen molar-refractivity contribution in [1.82, 2.24) is 4.31 Å². The van der Waals surface area contributed by atoms with Crippen molar-refractivity contribution < 1.29 is 13.2 Å². The Morgan fingerprint density at radius 1 is 1.16 bits per heavy atom. The summed E-state index contributed by atoms with van der Waals surface area (Å²) in [6, 6.07) is 6.99. The molecule has 1 unspecified atom stereocenters. The predicted octanol–water partition coefficient (Wildman–Crippen LogP) is 3.63. The fourth-order valence-electron chi connectivity index (χ4n) is 3.65. The minimum atomic E-state index is -3.51. The number of carbonyl (C=O) groups excluding carboxylic acids is 1. The Morgan fingerprint density at radius 2 is 1.84 bits per heavy atom. The first-order valence-corrected chi connectivity index (χ1v) is 10.2. The number of aryl methyl sites for hydroxylation is 1. The van der Waals surface area contributed by atoms with Crippen LogP contribution < -0.4 is 0 Å². The number of Topliss-reactive ketones (excluding diaryl/α,β-unsaturated/α-hetero) is 1. The highest BCUT2D eigenvalue weighted by molar-refractivity contribution is 7.89. The van der Waals surface area contributed by atoms with Gasteiger partial charge in [0.1, 0.15) is 5.78 Å². The van der Waals surface area contributed by atoms with E-state index in [0.29, 0.717) is 18.0 Å². The van der Waals surface area contributed by atoms with Gasteiger partial charge in [-0.15, -0.1) is 0 Å². The largest absolute Gasteiger partial charge is 0.300 e. The van der Waals surface area contributed by atoms with E-state index in [0.717, 1.165) is 36.0 Å². The lowest BCUT2D eigenvalue weighted by Crippen LogP contribution is -2.36. The minimum absolute atomic E-state index is 0.0566. The molecule has 134 valence electrons. The Hall–Kier alpha value is -1.72. The lowest BCUT2D eigenvalue weighted by atomic mass is 9.94. The summed E-state index contributed by atoms with van der Waals surface area (Å²) < 4.78 is 27.5. The lowest BCUT2D eigenvalue weighted by Gasteiger charge is -2.28. The highest BCUT2D eigenvalue weighted by Gasteiger charge is 2.31. The van der Waals surface area contributed by atoms with Gasteiger partial charge in [0.25, 0.3) is 0 Å². The maximum absolute atomic E-state index is 13.0. The van der Waals surface area contributed by atoms with E-state index in [1.165, 1.54) is 9.88 Å². The third-order valence-corrected chi connectivity index (χ3v) is 7.15. The second-order valence-corrected chi connectivity index (χ2v) is 9.09. The summed E-state index contributed by atoms with van der Waals surface area (Å²) in [6.07, 6.45) is 4.47. The minimum Gasteiger partial charge on any atom is -0.300 e. The van der Waals surface area contributed by atoms with Gasteiger partial charge < -0.3 is 0 Å². The number of hydrogen-bond acceptors (Lipinski definition) is 3. The topological polar surface area (TPSA) is 54.5 Å². The standard InChI is InChI=1S/C20H25NO3S/c1-14-4-8-19(9-5-14)25(23,24)21-11-10-17-6-7-18(16(3)22)12-15(2)20(17)13-21/h4-5,8-10,18H,6-7,11-13H2,1-3H3. The van der Waals surface area contributed by atoms with Crippen LogP contribution >= 0.6 is 0 Å². The third kappa shape index (κ3) is 3.62. The molecular weight excluding hydrogens is 334 g/mol. The molecule has 0 fully saturated rings. The molecule has 1 aromatic carbocycles. The monoisotopic (exact) mass is 359 g/mol. The van der Waals surface area contributed by atoms with Crippen LogP contribution in [0, 0.1) is 12.8 Å². The maximum Gasteiger partial charge on any atom is 0.243 e. The first-order chi connectivity index (χ1) is 11.8. The number of fused-ring (bicyclic) bond motifs is 1. The van der Waals surface area contributed by atoms with Crippen molar-refractivity contribution in [2.45, 2.75) is 44.9 Å². The van der Waals surface area contributed by atoms with Crippen molar-refractivity contribution in [2.75, 3.05) is 13.1 Å². The Labute approximate surface area is 150 Å². The van der Waals surface area contributed by atoms with Gasteiger partial charge in [0, 0.05) is 19.0 Å². The lowest BCUT2D eigenvalue weighted by molar-refractivity contribution is -0.120. The third-order valence-electron chi connectivity index (χ3n) is 5.33. The second kappa shape index (κ2) is 6.89. The maximum atomic E-state index is 13.0. The zero-order valence-corrected chi connectivity index (χ0v) is 15.9. The average Bonchev–Trinajstić information content (AvgIpc) is 2.74. The first kappa shape index (κ1) is 18.1. The molecule has 1 aliphatic heterocycles. The molecular formula is C20H25NO3S. The van der Waals surface area contributed by atoms with E-state index in [2.05, 4.69) is 0 Å². The van der Waals surface area contributed by atoms with Gasteiger partial charge in [-0.1, -0.05) is 29.3 Å². The number of ketones is 1. The van der Waals surface area contributed by atoms with Crippen LogP contribution in [0.25, 0.3) is 0 Å². The Kier molecular flexibility index (Phi) is 4.98. The zero-order chi connectivity index (χ0) is 18.2. The normalized spacial score (nSPS) is 22.2. The molecule has 1 aliphatic carbocycles. The summed E-state index contributed by atoms with van der Waals surface area (Å²) in [4.78, 5) is 12.1. The molecule has 0 radical (unpaired) electrons. The Balaban J connectivity index is 1.91. The summed E-state index contributed by atoms with van der Waals surface area (Å²) in [5.74, 6) is 0.282. The van der Waals surface area contributed by atoms with Crippen molar-refractivity contribution in [1.29, 1.82) is 0 Å². The van der Waals surface area contributed by atoms with Gasteiger partial charge in [-0.05, 0) is 63.3 Å². The smallest absolute Gasteiger partial charge is 0.243 e. The van der Waals surface area contributed by atoms with E-state index >= 15 is 0 Å². The summed E-state index contributed by atoms with van der Waals surface area (Å²) in [5.41, 5.74) is 4.51. The van der Waals surface area contributed by atoms with Gasteiger partial charge in [-0.2, -0.15) is 4.31 Å². The molecule has 0 saturated carbocycles. The van der Waals surface area contributed by atoms with Crippen LogP contribution in [0.4, 0.5) is 0 Å². The number of sulfonamides is 1. The van der Waals surface area contributed by atoms with Gasteiger partial charge in [0.2, 0.25) is 10.0 Å². The Morgan fingerprint density at radius 3 is 2.48 bits per heavy atom. The molecule has 2 aliphatic rings. The van der Waals surface area contributed by atoms with Crippen molar-refractivity contribution in [3.8, 4) is 0 Å². The molecule has 3 rings (SSSR count). The van der Waals surface area contributed by atoms with Crippen molar-refractivity contribution in [3.05, 3.63) is 52.6 Å². The molecule has 5 heteroatoms. The van der Waals surface area contributed by atoms with E-state index in [4.69, 9.17) is 0 Å². The van der Waals surface area contributed by atoms with Crippen molar-refractivity contribution >= 4 is 15.8 Å². The molecule has 1 atom stereocenters. The summed E-state index contributed by atoms with van der Waals surface area (Å²) in [5, 5.41) is 0. The molecule has 0 bridgehead atoms. The fourth-order valence-corrected chi connectivity index (χ4v) is 5.00. The van der Waals surface area contributed by atoms with Crippen LogP contribution in [-0.2, 0) is 14.8 Å². The van der Waals surface area contributed by atoms with Gasteiger partial charge in [-0.3, -0.25) is 4.79 Å². The van der Waals surface area contributed by atoms with Gasteiger partial charge in [0.05, 0.1) is 4.90 Å². The summed E-state index contributed by atoms with van der Waals surface area (Å²) in [6.45, 7) is 6.43.